The van der Waals surface area contributed by atoms with Crippen LogP contribution in [0.1, 0.15) is 16.1 Å². The molecule has 0 bridgehead atoms. The third-order valence-corrected chi connectivity index (χ3v) is 3.69. The minimum absolute atomic E-state index is 0.147. The lowest BCUT2D eigenvalue weighted by Gasteiger charge is -2.09. The minimum Gasteiger partial charge on any atom is -0.337 e. The van der Waals surface area contributed by atoms with Crippen molar-refractivity contribution >= 4 is 34.7 Å². The summed E-state index contributed by atoms with van der Waals surface area (Å²) in [6.07, 6.45) is 2.69. The third-order valence-electron chi connectivity index (χ3n) is 3.46. The van der Waals surface area contributed by atoms with Crippen LogP contribution in [0.15, 0.2) is 54.9 Å². The summed E-state index contributed by atoms with van der Waals surface area (Å²) in [7, 11) is 0. The number of amides is 1. The molecule has 0 aliphatic carbocycles. The van der Waals surface area contributed by atoms with Crippen LogP contribution >= 0.6 is 11.6 Å². The van der Waals surface area contributed by atoms with Gasteiger partial charge in [0.15, 0.2) is 0 Å². The van der Waals surface area contributed by atoms with Crippen molar-refractivity contribution in [2.75, 3.05) is 10.6 Å². The summed E-state index contributed by atoms with van der Waals surface area (Å²) >= 11 is 5.90. The first kappa shape index (κ1) is 16.9. The summed E-state index contributed by atoms with van der Waals surface area (Å²) in [5, 5.41) is 6.16. The monoisotopic (exact) mass is 356 g/mol. The van der Waals surface area contributed by atoms with Crippen molar-refractivity contribution in [1.29, 1.82) is 0 Å². The first-order valence-electron chi connectivity index (χ1n) is 7.44. The second-order valence-electron chi connectivity index (χ2n) is 5.31. The molecule has 0 aliphatic rings. The molecule has 1 aromatic heterocycles. The Bertz CT molecular complexity index is 915. The summed E-state index contributed by atoms with van der Waals surface area (Å²) < 4.78 is 13.6. The normalized spacial score (nSPS) is 10.4. The molecule has 0 radical (unpaired) electrons. The number of rotatable bonds is 4. The Kier molecular flexibility index (Phi) is 4.90. The summed E-state index contributed by atoms with van der Waals surface area (Å²) in [6.45, 7) is 1.84. The lowest BCUT2D eigenvalue weighted by Crippen LogP contribution is -2.15. The van der Waals surface area contributed by atoms with Gasteiger partial charge < -0.3 is 10.6 Å². The molecule has 0 saturated heterocycles. The molecule has 3 aromatic rings. The van der Waals surface area contributed by atoms with E-state index < -0.39 is 11.7 Å². The van der Waals surface area contributed by atoms with E-state index in [0.717, 1.165) is 5.56 Å². The summed E-state index contributed by atoms with van der Waals surface area (Å²) in [4.78, 5) is 20.4. The molecular formula is C18H14ClFN4O. The minimum atomic E-state index is -0.399. The van der Waals surface area contributed by atoms with E-state index in [1.54, 1.807) is 36.4 Å². The van der Waals surface area contributed by atoms with E-state index in [9.17, 15) is 9.18 Å². The largest absolute Gasteiger partial charge is 0.337 e. The van der Waals surface area contributed by atoms with Crippen molar-refractivity contribution < 1.29 is 9.18 Å². The zero-order valence-corrected chi connectivity index (χ0v) is 14.0. The number of nitrogens with one attached hydrogen (secondary N) is 2. The van der Waals surface area contributed by atoms with Crippen LogP contribution in [-0.2, 0) is 0 Å². The highest BCUT2D eigenvalue weighted by Gasteiger charge is 2.11. The van der Waals surface area contributed by atoms with Gasteiger partial charge in [-0.3, -0.25) is 4.79 Å². The molecule has 7 heteroatoms. The molecule has 126 valence electrons. The van der Waals surface area contributed by atoms with Gasteiger partial charge in [-0.1, -0.05) is 23.7 Å². The lowest BCUT2D eigenvalue weighted by atomic mass is 10.2. The molecule has 3 rings (SSSR count). The highest BCUT2D eigenvalue weighted by molar-refractivity contribution is 6.30. The Morgan fingerprint density at radius 3 is 2.56 bits per heavy atom. The number of nitrogens with zero attached hydrogens (tertiary/aromatic N) is 2. The van der Waals surface area contributed by atoms with Crippen LogP contribution in [0, 0.1) is 12.7 Å². The fourth-order valence-corrected chi connectivity index (χ4v) is 2.39. The molecular weight excluding hydrogens is 343 g/mol. The van der Waals surface area contributed by atoms with E-state index in [2.05, 4.69) is 20.6 Å². The van der Waals surface area contributed by atoms with Gasteiger partial charge in [0.25, 0.3) is 5.91 Å². The molecule has 0 aliphatic heterocycles. The second-order valence-corrected chi connectivity index (χ2v) is 5.74. The number of hydrogen-bond donors (Lipinski definition) is 2. The van der Waals surface area contributed by atoms with Crippen molar-refractivity contribution in [3.8, 4) is 0 Å². The first-order chi connectivity index (χ1) is 12.0. The van der Waals surface area contributed by atoms with Gasteiger partial charge in [-0.15, -0.1) is 0 Å². The first-order valence-corrected chi connectivity index (χ1v) is 7.82. The number of para-hydroxylation sites is 1. The average Bonchev–Trinajstić information content (AvgIpc) is 2.60. The molecule has 25 heavy (non-hydrogen) atoms. The number of aryl methyl sites for hydroxylation is 1. The molecule has 2 aromatic carbocycles. The zero-order valence-electron chi connectivity index (χ0n) is 13.3. The Morgan fingerprint density at radius 2 is 1.88 bits per heavy atom. The molecule has 0 spiro atoms. The smallest absolute Gasteiger partial charge is 0.275 e. The standard InChI is InChI=1S/C18H14ClFN4O/c1-11-8-12(19)6-7-14(11)24-18(25)16-9-22-17(10-21-16)23-15-5-3-2-4-13(15)20/h2-10H,1H3,(H,22,23)(H,24,25). The predicted molar refractivity (Wildman–Crippen MR) is 95.9 cm³/mol. The van der Waals surface area contributed by atoms with Crippen LogP contribution in [0.4, 0.5) is 21.6 Å². The van der Waals surface area contributed by atoms with Crippen molar-refractivity contribution in [2.45, 2.75) is 6.92 Å². The summed E-state index contributed by atoms with van der Waals surface area (Å²) in [5.41, 5.74) is 1.91. The molecule has 1 heterocycles. The number of carbonyl (C=O) groups is 1. The predicted octanol–water partition coefficient (Wildman–Crippen LogP) is 4.57. The SMILES string of the molecule is Cc1cc(Cl)ccc1NC(=O)c1cnc(Nc2ccccc2F)cn1. The molecule has 0 saturated carbocycles. The van der Waals surface area contributed by atoms with Gasteiger partial charge in [-0.05, 0) is 42.8 Å². The quantitative estimate of drug-likeness (QED) is 0.718. The average molecular weight is 357 g/mol. The van der Waals surface area contributed by atoms with E-state index >= 15 is 0 Å². The maximum absolute atomic E-state index is 13.6. The lowest BCUT2D eigenvalue weighted by molar-refractivity contribution is 0.102. The molecule has 0 fully saturated rings. The molecule has 1 amide bonds. The fourth-order valence-electron chi connectivity index (χ4n) is 2.16. The van der Waals surface area contributed by atoms with Crippen molar-refractivity contribution in [2.24, 2.45) is 0 Å². The van der Waals surface area contributed by atoms with E-state index in [-0.39, 0.29) is 11.4 Å². The van der Waals surface area contributed by atoms with E-state index in [1.807, 2.05) is 6.92 Å². The molecule has 2 N–H and O–H groups in total. The summed E-state index contributed by atoms with van der Waals surface area (Å²) in [6, 6.07) is 11.4. The highest BCUT2D eigenvalue weighted by Crippen LogP contribution is 2.20. The highest BCUT2D eigenvalue weighted by atomic mass is 35.5. The van der Waals surface area contributed by atoms with E-state index in [0.29, 0.717) is 16.5 Å². The number of anilines is 3. The maximum Gasteiger partial charge on any atom is 0.275 e. The Balaban J connectivity index is 1.71. The number of benzene rings is 2. The molecule has 0 unspecified atom stereocenters. The number of halogens is 2. The van der Waals surface area contributed by atoms with Crippen LogP contribution in [0.25, 0.3) is 0 Å². The second kappa shape index (κ2) is 7.27. The van der Waals surface area contributed by atoms with Gasteiger partial charge in [0.1, 0.15) is 17.3 Å². The maximum atomic E-state index is 13.6. The van der Waals surface area contributed by atoms with Crippen molar-refractivity contribution in [3.05, 3.63) is 77.0 Å². The van der Waals surface area contributed by atoms with E-state index in [1.165, 1.54) is 18.5 Å². The van der Waals surface area contributed by atoms with Crippen LogP contribution < -0.4 is 10.6 Å². The Morgan fingerprint density at radius 1 is 1.08 bits per heavy atom. The van der Waals surface area contributed by atoms with Crippen LogP contribution in [0.2, 0.25) is 5.02 Å². The van der Waals surface area contributed by atoms with E-state index in [4.69, 9.17) is 11.6 Å². The summed E-state index contributed by atoms with van der Waals surface area (Å²) in [5.74, 6) is -0.455. The van der Waals surface area contributed by atoms with Gasteiger partial charge in [0, 0.05) is 10.7 Å². The Labute approximate surface area is 148 Å². The Hall–Kier alpha value is -2.99. The fraction of sp³-hybridized carbons (Fsp3) is 0.0556. The van der Waals surface area contributed by atoms with Crippen molar-refractivity contribution in [1.82, 2.24) is 9.97 Å². The van der Waals surface area contributed by atoms with Crippen molar-refractivity contribution in [3.63, 3.8) is 0 Å². The van der Waals surface area contributed by atoms with Gasteiger partial charge in [-0.2, -0.15) is 0 Å². The number of carbonyl (C=O) groups excluding carboxylic acids is 1. The van der Waals surface area contributed by atoms with Gasteiger partial charge >= 0.3 is 0 Å². The molecule has 0 atom stereocenters. The third kappa shape index (κ3) is 4.10. The number of aromatic nitrogens is 2. The van der Waals surface area contributed by atoms with Crippen LogP contribution in [0.3, 0.4) is 0 Å². The van der Waals surface area contributed by atoms with Gasteiger partial charge in [0.2, 0.25) is 0 Å². The zero-order chi connectivity index (χ0) is 17.8. The van der Waals surface area contributed by atoms with Gasteiger partial charge in [-0.25, -0.2) is 14.4 Å². The topological polar surface area (TPSA) is 66.9 Å². The number of hydrogen-bond acceptors (Lipinski definition) is 4. The van der Waals surface area contributed by atoms with Crippen LogP contribution in [0.5, 0.6) is 0 Å². The van der Waals surface area contributed by atoms with Crippen LogP contribution in [-0.4, -0.2) is 15.9 Å². The van der Waals surface area contributed by atoms with Gasteiger partial charge in [0.05, 0.1) is 18.1 Å². The molecule has 5 nitrogen and oxygen atoms in total.